The van der Waals surface area contributed by atoms with Crippen molar-refractivity contribution in [3.63, 3.8) is 0 Å². The van der Waals surface area contributed by atoms with Gasteiger partial charge in [0.1, 0.15) is 6.29 Å². The molecule has 0 aromatic carbocycles. The number of rotatable bonds is 7. The maximum atomic E-state index is 11.5. The van der Waals surface area contributed by atoms with Crippen molar-refractivity contribution >= 4 is 6.29 Å². The van der Waals surface area contributed by atoms with Gasteiger partial charge >= 0.3 is 0 Å². The molecule has 0 bridgehead atoms. The summed E-state index contributed by atoms with van der Waals surface area (Å²) >= 11 is 0. The van der Waals surface area contributed by atoms with Crippen molar-refractivity contribution in [1.82, 2.24) is 9.80 Å². The number of carbonyl (C=O) groups is 1. The Balaban J connectivity index is 2.35. The Morgan fingerprint density at radius 3 is 2.28 bits per heavy atom. The fraction of sp³-hybridized carbons (Fsp3) is 0.933. The van der Waals surface area contributed by atoms with E-state index in [1.54, 1.807) is 0 Å². The summed E-state index contributed by atoms with van der Waals surface area (Å²) in [6.45, 7) is 5.45. The third kappa shape index (κ3) is 5.07. The van der Waals surface area contributed by atoms with E-state index in [1.165, 1.54) is 25.5 Å². The molecule has 0 radical (unpaired) electrons. The highest BCUT2D eigenvalue weighted by Crippen LogP contribution is 2.37. The van der Waals surface area contributed by atoms with Crippen molar-refractivity contribution in [3.8, 4) is 0 Å². The van der Waals surface area contributed by atoms with Gasteiger partial charge in [-0.15, -0.1) is 0 Å². The number of aldehydes is 1. The quantitative estimate of drug-likeness (QED) is 0.651. The molecule has 0 unspecified atom stereocenters. The molecule has 3 nitrogen and oxygen atoms in total. The van der Waals surface area contributed by atoms with Gasteiger partial charge in [-0.3, -0.25) is 0 Å². The maximum absolute atomic E-state index is 11.5. The van der Waals surface area contributed by atoms with Crippen LogP contribution in [0.2, 0.25) is 0 Å². The molecule has 0 aromatic rings. The highest BCUT2D eigenvalue weighted by molar-refractivity contribution is 5.60. The summed E-state index contributed by atoms with van der Waals surface area (Å²) in [6, 6.07) is 0. The first-order valence-corrected chi connectivity index (χ1v) is 7.27. The summed E-state index contributed by atoms with van der Waals surface area (Å²) in [5.41, 5.74) is -0.0562. The monoisotopic (exact) mass is 254 g/mol. The van der Waals surface area contributed by atoms with E-state index in [1.807, 2.05) is 0 Å². The third-order valence-electron chi connectivity index (χ3n) is 4.25. The van der Waals surface area contributed by atoms with Crippen molar-refractivity contribution in [2.75, 3.05) is 40.8 Å². The molecule has 1 fully saturated rings. The van der Waals surface area contributed by atoms with Crippen LogP contribution in [-0.4, -0.2) is 56.9 Å². The summed E-state index contributed by atoms with van der Waals surface area (Å²) in [4.78, 5) is 16.0. The van der Waals surface area contributed by atoms with E-state index >= 15 is 0 Å². The zero-order chi connectivity index (χ0) is 13.6. The minimum absolute atomic E-state index is 0.0562. The maximum Gasteiger partial charge on any atom is 0.127 e. The minimum Gasteiger partial charge on any atom is -0.309 e. The van der Waals surface area contributed by atoms with Crippen LogP contribution in [0.3, 0.4) is 0 Å². The molecule has 1 rings (SSSR count). The molecule has 106 valence electrons. The predicted molar refractivity (Wildman–Crippen MR) is 76.8 cm³/mol. The van der Waals surface area contributed by atoms with Crippen LogP contribution < -0.4 is 0 Å². The van der Waals surface area contributed by atoms with Crippen molar-refractivity contribution in [1.29, 1.82) is 0 Å². The molecule has 0 spiro atoms. The molecule has 18 heavy (non-hydrogen) atoms. The van der Waals surface area contributed by atoms with Gasteiger partial charge in [0.05, 0.1) is 0 Å². The fourth-order valence-corrected chi connectivity index (χ4v) is 2.92. The number of hydrogen-bond acceptors (Lipinski definition) is 3. The van der Waals surface area contributed by atoms with Crippen LogP contribution in [0.15, 0.2) is 0 Å². The van der Waals surface area contributed by atoms with Gasteiger partial charge in [-0.05, 0) is 72.3 Å². The van der Waals surface area contributed by atoms with E-state index in [0.717, 1.165) is 38.4 Å². The molecule has 0 N–H and O–H groups in total. The lowest BCUT2D eigenvalue weighted by molar-refractivity contribution is -0.119. The molecule has 0 saturated heterocycles. The minimum atomic E-state index is -0.0562. The fourth-order valence-electron chi connectivity index (χ4n) is 2.92. The smallest absolute Gasteiger partial charge is 0.127 e. The lowest BCUT2D eigenvalue weighted by Gasteiger charge is -2.37. The average molecular weight is 254 g/mol. The van der Waals surface area contributed by atoms with Gasteiger partial charge in [-0.2, -0.15) is 0 Å². The highest BCUT2D eigenvalue weighted by atomic mass is 16.1. The zero-order valence-electron chi connectivity index (χ0n) is 12.6. The molecule has 3 heteroatoms. The molecule has 0 amide bonds. The van der Waals surface area contributed by atoms with Crippen LogP contribution in [0, 0.1) is 11.3 Å². The molecular formula is C15H30N2O. The molecule has 0 atom stereocenters. The lowest BCUT2D eigenvalue weighted by Crippen LogP contribution is -2.40. The van der Waals surface area contributed by atoms with Gasteiger partial charge < -0.3 is 14.6 Å². The van der Waals surface area contributed by atoms with Crippen LogP contribution in [0.5, 0.6) is 0 Å². The van der Waals surface area contributed by atoms with Crippen molar-refractivity contribution in [2.24, 2.45) is 11.3 Å². The van der Waals surface area contributed by atoms with Crippen molar-refractivity contribution in [3.05, 3.63) is 0 Å². The predicted octanol–water partition coefficient (Wildman–Crippen LogP) is 2.27. The van der Waals surface area contributed by atoms with Crippen molar-refractivity contribution < 1.29 is 4.79 Å². The SMILES string of the molecule is CC1CCC(C=O)(CN(C)CCCN(C)C)CC1. The van der Waals surface area contributed by atoms with E-state index in [0.29, 0.717) is 0 Å². The highest BCUT2D eigenvalue weighted by Gasteiger charge is 2.34. The second kappa shape index (κ2) is 7.25. The van der Waals surface area contributed by atoms with Crippen molar-refractivity contribution in [2.45, 2.75) is 39.0 Å². The Kier molecular flexibility index (Phi) is 6.30. The van der Waals surface area contributed by atoms with E-state index in [9.17, 15) is 4.79 Å². The third-order valence-corrected chi connectivity index (χ3v) is 4.25. The van der Waals surface area contributed by atoms with E-state index < -0.39 is 0 Å². The van der Waals surface area contributed by atoms with Gasteiger partial charge in [-0.25, -0.2) is 0 Å². The van der Waals surface area contributed by atoms with E-state index in [-0.39, 0.29) is 5.41 Å². The van der Waals surface area contributed by atoms with Gasteiger partial charge in [0, 0.05) is 12.0 Å². The Bertz CT molecular complexity index is 245. The second-order valence-electron chi connectivity index (χ2n) is 6.56. The topological polar surface area (TPSA) is 23.6 Å². The molecule has 1 aliphatic carbocycles. The standard InChI is InChI=1S/C15H30N2O/c1-14-6-8-15(13-18,9-7-14)12-17(4)11-5-10-16(2)3/h13-14H,5-12H2,1-4H3. The zero-order valence-corrected chi connectivity index (χ0v) is 12.6. The summed E-state index contributed by atoms with van der Waals surface area (Å²) in [5.74, 6) is 0.803. The molecule has 0 aromatic heterocycles. The van der Waals surface area contributed by atoms with Crippen LogP contribution in [0.1, 0.15) is 39.0 Å². The molecule has 0 aliphatic heterocycles. The van der Waals surface area contributed by atoms with E-state index in [4.69, 9.17) is 0 Å². The molecule has 1 saturated carbocycles. The molecular weight excluding hydrogens is 224 g/mol. The van der Waals surface area contributed by atoms with Gasteiger partial charge in [-0.1, -0.05) is 6.92 Å². The average Bonchev–Trinajstić information content (AvgIpc) is 2.32. The molecule has 0 heterocycles. The number of nitrogens with zero attached hydrogens (tertiary/aromatic N) is 2. The number of hydrogen-bond donors (Lipinski definition) is 0. The Labute approximate surface area is 113 Å². The first-order valence-electron chi connectivity index (χ1n) is 7.27. The second-order valence-corrected chi connectivity index (χ2v) is 6.56. The van der Waals surface area contributed by atoms with E-state index in [2.05, 4.69) is 37.9 Å². The van der Waals surface area contributed by atoms with Crippen LogP contribution in [-0.2, 0) is 4.79 Å². The Morgan fingerprint density at radius 2 is 1.78 bits per heavy atom. The first-order chi connectivity index (χ1) is 8.47. The van der Waals surface area contributed by atoms with Gasteiger partial charge in [0.15, 0.2) is 0 Å². The van der Waals surface area contributed by atoms with Gasteiger partial charge in [0.2, 0.25) is 0 Å². The Morgan fingerprint density at radius 1 is 1.17 bits per heavy atom. The Hall–Kier alpha value is -0.410. The normalized spacial score (nSPS) is 28.9. The largest absolute Gasteiger partial charge is 0.309 e. The number of carbonyl (C=O) groups excluding carboxylic acids is 1. The summed E-state index contributed by atoms with van der Waals surface area (Å²) in [6.07, 6.45) is 7.00. The molecule has 1 aliphatic rings. The summed E-state index contributed by atoms with van der Waals surface area (Å²) < 4.78 is 0. The first kappa shape index (κ1) is 15.6. The van der Waals surface area contributed by atoms with Gasteiger partial charge in [0.25, 0.3) is 0 Å². The van der Waals surface area contributed by atoms with Crippen LogP contribution in [0.4, 0.5) is 0 Å². The van der Waals surface area contributed by atoms with Crippen LogP contribution >= 0.6 is 0 Å². The summed E-state index contributed by atoms with van der Waals surface area (Å²) in [5, 5.41) is 0. The summed E-state index contributed by atoms with van der Waals surface area (Å²) in [7, 11) is 6.36. The van der Waals surface area contributed by atoms with Crippen LogP contribution in [0.25, 0.3) is 0 Å². The lowest BCUT2D eigenvalue weighted by atomic mass is 9.71.